The van der Waals surface area contributed by atoms with Crippen LogP contribution in [0.2, 0.25) is 0 Å². The molecule has 1 unspecified atom stereocenters. The molecule has 4 rings (SSSR count). The molecule has 2 fully saturated rings. The van der Waals surface area contributed by atoms with Gasteiger partial charge >= 0.3 is 0 Å². The summed E-state index contributed by atoms with van der Waals surface area (Å²) in [5, 5.41) is 7.80. The summed E-state index contributed by atoms with van der Waals surface area (Å²) >= 11 is 0. The highest BCUT2D eigenvalue weighted by molar-refractivity contribution is 5.77. The number of hydrogen-bond donors (Lipinski definition) is 1. The van der Waals surface area contributed by atoms with Crippen LogP contribution in [0.5, 0.6) is 0 Å². The van der Waals surface area contributed by atoms with Crippen molar-refractivity contribution in [3.05, 3.63) is 17.0 Å². The molecule has 1 aromatic rings. The lowest BCUT2D eigenvalue weighted by Gasteiger charge is -2.28. The Morgan fingerprint density at radius 1 is 1.24 bits per heavy atom. The fraction of sp³-hybridized carbons (Fsp3) is 0.789. The summed E-state index contributed by atoms with van der Waals surface area (Å²) in [4.78, 5) is 14.5. The third-order valence-electron chi connectivity index (χ3n) is 5.86. The predicted octanol–water partition coefficient (Wildman–Crippen LogP) is 2.54. The molecule has 1 atom stereocenters. The van der Waals surface area contributed by atoms with E-state index in [9.17, 15) is 4.79 Å². The number of hydrogen-bond acceptors (Lipinski definition) is 4. The molecule has 2 aliphatic heterocycles. The van der Waals surface area contributed by atoms with Crippen molar-refractivity contribution in [2.75, 3.05) is 26.4 Å². The SMILES string of the molecule is O=C(COCC1CCCCO1)N1CCc2[nH]nc(C3CCCC3)c2C1. The zero-order valence-corrected chi connectivity index (χ0v) is 15.0. The number of aromatic nitrogens is 2. The van der Waals surface area contributed by atoms with Crippen LogP contribution in [0.25, 0.3) is 0 Å². The van der Waals surface area contributed by atoms with Crippen molar-refractivity contribution in [1.82, 2.24) is 15.1 Å². The van der Waals surface area contributed by atoms with Gasteiger partial charge < -0.3 is 14.4 Å². The average Bonchev–Trinajstić information content (AvgIpc) is 3.31. The standard InChI is InChI=1S/C19H29N3O3/c23-18(13-24-12-15-7-3-4-10-25-15)22-9-8-17-16(11-22)19(21-20-17)14-5-1-2-6-14/h14-15H,1-13H2,(H,20,21). The maximum Gasteiger partial charge on any atom is 0.248 e. The normalized spacial score (nSPS) is 24.5. The second-order valence-corrected chi connectivity index (χ2v) is 7.62. The summed E-state index contributed by atoms with van der Waals surface area (Å²) in [6, 6.07) is 0. The minimum atomic E-state index is 0.0834. The van der Waals surface area contributed by atoms with E-state index < -0.39 is 0 Å². The predicted molar refractivity (Wildman–Crippen MR) is 93.3 cm³/mol. The van der Waals surface area contributed by atoms with Gasteiger partial charge in [-0.2, -0.15) is 5.10 Å². The van der Waals surface area contributed by atoms with E-state index >= 15 is 0 Å². The van der Waals surface area contributed by atoms with Crippen LogP contribution in [-0.4, -0.2) is 53.5 Å². The van der Waals surface area contributed by atoms with Crippen LogP contribution in [0, 0.1) is 0 Å². The topological polar surface area (TPSA) is 67.5 Å². The van der Waals surface area contributed by atoms with E-state index in [1.807, 2.05) is 4.90 Å². The zero-order valence-electron chi connectivity index (χ0n) is 15.0. The van der Waals surface area contributed by atoms with Gasteiger partial charge in [-0.15, -0.1) is 0 Å². The Kier molecular flexibility index (Phi) is 5.36. The summed E-state index contributed by atoms with van der Waals surface area (Å²) in [5.41, 5.74) is 3.70. The number of H-pyrrole nitrogens is 1. The van der Waals surface area contributed by atoms with Gasteiger partial charge in [0.2, 0.25) is 5.91 Å². The smallest absolute Gasteiger partial charge is 0.248 e. The van der Waals surface area contributed by atoms with Crippen molar-refractivity contribution in [3.63, 3.8) is 0 Å². The van der Waals surface area contributed by atoms with Crippen molar-refractivity contribution >= 4 is 5.91 Å². The number of carbonyl (C=O) groups is 1. The Bertz CT molecular complexity index is 589. The van der Waals surface area contributed by atoms with Crippen LogP contribution >= 0.6 is 0 Å². The molecular weight excluding hydrogens is 318 g/mol. The molecule has 1 aliphatic carbocycles. The van der Waals surface area contributed by atoms with Crippen molar-refractivity contribution in [3.8, 4) is 0 Å². The molecule has 0 spiro atoms. The van der Waals surface area contributed by atoms with Crippen molar-refractivity contribution in [2.45, 2.75) is 69.9 Å². The molecule has 0 aromatic carbocycles. The Morgan fingerprint density at radius 3 is 2.88 bits per heavy atom. The molecule has 1 N–H and O–H groups in total. The van der Waals surface area contributed by atoms with E-state index in [0.717, 1.165) is 32.4 Å². The molecule has 138 valence electrons. The van der Waals surface area contributed by atoms with Crippen LogP contribution in [-0.2, 0) is 27.2 Å². The Hall–Kier alpha value is -1.40. The first-order valence-corrected chi connectivity index (χ1v) is 9.84. The lowest BCUT2D eigenvalue weighted by molar-refractivity contribution is -0.139. The largest absolute Gasteiger partial charge is 0.376 e. The highest BCUT2D eigenvalue weighted by Gasteiger charge is 2.29. The second-order valence-electron chi connectivity index (χ2n) is 7.62. The Balaban J connectivity index is 1.30. The first kappa shape index (κ1) is 17.0. The highest BCUT2D eigenvalue weighted by atomic mass is 16.5. The minimum absolute atomic E-state index is 0.0834. The number of ether oxygens (including phenoxy) is 2. The van der Waals surface area contributed by atoms with E-state index in [4.69, 9.17) is 9.47 Å². The van der Waals surface area contributed by atoms with Crippen molar-refractivity contribution < 1.29 is 14.3 Å². The first-order chi connectivity index (χ1) is 12.3. The summed E-state index contributed by atoms with van der Waals surface area (Å²) in [5.74, 6) is 0.662. The van der Waals surface area contributed by atoms with Crippen LogP contribution in [0.4, 0.5) is 0 Å². The lowest BCUT2D eigenvalue weighted by Crippen LogP contribution is -2.39. The molecule has 1 saturated heterocycles. The third kappa shape index (κ3) is 3.90. The molecule has 3 aliphatic rings. The Labute approximate surface area is 149 Å². The second kappa shape index (κ2) is 7.87. The average molecular weight is 347 g/mol. The maximum atomic E-state index is 12.5. The number of aromatic amines is 1. The Morgan fingerprint density at radius 2 is 2.08 bits per heavy atom. The fourth-order valence-electron chi connectivity index (χ4n) is 4.37. The van der Waals surface area contributed by atoms with E-state index in [0.29, 0.717) is 19.1 Å². The van der Waals surface area contributed by atoms with Crippen LogP contribution < -0.4 is 0 Å². The zero-order chi connectivity index (χ0) is 17.1. The van der Waals surface area contributed by atoms with Crippen LogP contribution in [0.3, 0.4) is 0 Å². The summed E-state index contributed by atoms with van der Waals surface area (Å²) in [6.07, 6.45) is 9.47. The quantitative estimate of drug-likeness (QED) is 0.889. The summed E-state index contributed by atoms with van der Waals surface area (Å²) < 4.78 is 11.3. The minimum Gasteiger partial charge on any atom is -0.376 e. The van der Waals surface area contributed by atoms with E-state index in [1.165, 1.54) is 49.1 Å². The number of nitrogens with zero attached hydrogens (tertiary/aromatic N) is 2. The lowest BCUT2D eigenvalue weighted by atomic mass is 9.96. The molecule has 25 heavy (non-hydrogen) atoms. The van der Waals surface area contributed by atoms with E-state index in [-0.39, 0.29) is 18.6 Å². The highest BCUT2D eigenvalue weighted by Crippen LogP contribution is 2.36. The van der Waals surface area contributed by atoms with Gasteiger partial charge in [-0.25, -0.2) is 0 Å². The van der Waals surface area contributed by atoms with Gasteiger partial charge in [0.25, 0.3) is 0 Å². The summed E-state index contributed by atoms with van der Waals surface area (Å²) in [6.45, 7) is 2.94. The molecule has 1 saturated carbocycles. The molecule has 1 aromatic heterocycles. The van der Waals surface area contributed by atoms with Gasteiger partial charge in [0, 0.05) is 43.3 Å². The molecule has 0 radical (unpaired) electrons. The monoisotopic (exact) mass is 347 g/mol. The van der Waals surface area contributed by atoms with Crippen LogP contribution in [0.15, 0.2) is 0 Å². The van der Waals surface area contributed by atoms with Crippen molar-refractivity contribution in [1.29, 1.82) is 0 Å². The molecule has 6 heteroatoms. The number of rotatable bonds is 5. The van der Waals surface area contributed by atoms with Gasteiger partial charge in [-0.1, -0.05) is 12.8 Å². The number of carbonyl (C=O) groups excluding carboxylic acids is 1. The molecule has 3 heterocycles. The van der Waals surface area contributed by atoms with Gasteiger partial charge in [0.05, 0.1) is 18.4 Å². The van der Waals surface area contributed by atoms with Gasteiger partial charge in [-0.3, -0.25) is 9.89 Å². The molecular formula is C19H29N3O3. The fourth-order valence-corrected chi connectivity index (χ4v) is 4.37. The molecule has 0 bridgehead atoms. The van der Waals surface area contributed by atoms with E-state index in [1.54, 1.807) is 0 Å². The van der Waals surface area contributed by atoms with E-state index in [2.05, 4.69) is 10.2 Å². The third-order valence-corrected chi connectivity index (χ3v) is 5.86. The number of fused-ring (bicyclic) bond motifs is 1. The summed E-state index contributed by atoms with van der Waals surface area (Å²) in [7, 11) is 0. The molecule has 6 nitrogen and oxygen atoms in total. The molecule has 1 amide bonds. The van der Waals surface area contributed by atoms with Gasteiger partial charge in [-0.05, 0) is 32.1 Å². The van der Waals surface area contributed by atoms with Crippen LogP contribution in [0.1, 0.15) is 67.8 Å². The number of nitrogens with one attached hydrogen (secondary N) is 1. The maximum absolute atomic E-state index is 12.5. The van der Waals surface area contributed by atoms with Gasteiger partial charge in [0.1, 0.15) is 6.61 Å². The van der Waals surface area contributed by atoms with Gasteiger partial charge in [0.15, 0.2) is 0 Å². The first-order valence-electron chi connectivity index (χ1n) is 9.84. The van der Waals surface area contributed by atoms with Crippen molar-refractivity contribution in [2.24, 2.45) is 0 Å². The number of amides is 1.